The molecule has 1 amide bonds. The highest BCUT2D eigenvalue weighted by atomic mass is 16.2. The van der Waals surface area contributed by atoms with Crippen LogP contribution in [0.2, 0.25) is 0 Å². The standard InChI is InChI=1S/C17H26N2O/c1-15-6-13-7-16(2,10-15)12-17(8-13,11-15)9-14(20)19(3)5-4-18/h13H,5-12H2,1-3H3. The number of rotatable bonds is 3. The second-order valence-corrected chi connectivity index (χ2v) is 8.71. The Kier molecular flexibility index (Phi) is 2.94. The van der Waals surface area contributed by atoms with E-state index in [1.54, 1.807) is 11.9 Å². The minimum absolute atomic E-state index is 0.167. The smallest absolute Gasteiger partial charge is 0.223 e. The van der Waals surface area contributed by atoms with E-state index in [1.807, 2.05) is 0 Å². The summed E-state index contributed by atoms with van der Waals surface area (Å²) in [6.07, 6.45) is 8.42. The molecule has 4 fully saturated rings. The predicted octanol–water partition coefficient (Wildman–Crippen LogP) is 3.36. The number of hydrogen-bond donors (Lipinski definition) is 0. The molecule has 0 spiro atoms. The van der Waals surface area contributed by atoms with Crippen molar-refractivity contribution in [2.24, 2.45) is 22.2 Å². The van der Waals surface area contributed by atoms with E-state index in [4.69, 9.17) is 5.26 Å². The first-order chi connectivity index (χ1) is 9.27. The third-order valence-corrected chi connectivity index (χ3v) is 6.00. The van der Waals surface area contributed by atoms with E-state index in [9.17, 15) is 4.79 Å². The molecule has 0 N–H and O–H groups in total. The van der Waals surface area contributed by atoms with Gasteiger partial charge in [-0.1, -0.05) is 13.8 Å². The monoisotopic (exact) mass is 274 g/mol. The molecule has 2 atom stereocenters. The fourth-order valence-corrected chi connectivity index (χ4v) is 6.53. The molecule has 4 rings (SSSR count). The molecule has 3 heteroatoms. The molecule has 2 unspecified atom stereocenters. The zero-order valence-electron chi connectivity index (χ0n) is 13.0. The lowest BCUT2D eigenvalue weighted by molar-refractivity contribution is -0.160. The van der Waals surface area contributed by atoms with Crippen molar-refractivity contribution in [1.29, 1.82) is 5.26 Å². The summed E-state index contributed by atoms with van der Waals surface area (Å²) < 4.78 is 0. The van der Waals surface area contributed by atoms with Crippen LogP contribution in [0.4, 0.5) is 0 Å². The molecule has 0 aliphatic heterocycles. The van der Waals surface area contributed by atoms with Gasteiger partial charge in [0.05, 0.1) is 6.07 Å². The van der Waals surface area contributed by atoms with E-state index in [-0.39, 0.29) is 17.9 Å². The van der Waals surface area contributed by atoms with Crippen LogP contribution in [0.25, 0.3) is 0 Å². The maximum absolute atomic E-state index is 12.4. The quantitative estimate of drug-likeness (QED) is 0.741. The van der Waals surface area contributed by atoms with Crippen LogP contribution >= 0.6 is 0 Å². The minimum Gasteiger partial charge on any atom is -0.332 e. The van der Waals surface area contributed by atoms with Crippen molar-refractivity contribution >= 4 is 5.91 Å². The molecular weight excluding hydrogens is 248 g/mol. The van der Waals surface area contributed by atoms with Crippen molar-refractivity contribution in [1.82, 2.24) is 4.90 Å². The van der Waals surface area contributed by atoms with Crippen molar-refractivity contribution in [2.45, 2.75) is 58.8 Å². The van der Waals surface area contributed by atoms with Gasteiger partial charge in [-0.05, 0) is 60.7 Å². The SMILES string of the molecule is CN(CC#N)C(=O)CC12CC3CC(C)(CC(C)(C3)C1)C2. The fourth-order valence-electron chi connectivity index (χ4n) is 6.53. The Labute approximate surface area is 122 Å². The molecule has 20 heavy (non-hydrogen) atoms. The Morgan fingerprint density at radius 2 is 1.80 bits per heavy atom. The maximum Gasteiger partial charge on any atom is 0.223 e. The average Bonchev–Trinajstić information content (AvgIpc) is 2.23. The van der Waals surface area contributed by atoms with E-state index in [1.165, 1.54) is 38.5 Å². The molecule has 0 radical (unpaired) electrons. The van der Waals surface area contributed by atoms with Crippen molar-refractivity contribution in [2.75, 3.05) is 13.6 Å². The zero-order chi connectivity index (χ0) is 14.6. The predicted molar refractivity (Wildman–Crippen MR) is 77.7 cm³/mol. The number of carbonyl (C=O) groups is 1. The molecule has 3 nitrogen and oxygen atoms in total. The number of nitriles is 1. The van der Waals surface area contributed by atoms with Crippen molar-refractivity contribution in [3.8, 4) is 6.07 Å². The Balaban J connectivity index is 1.79. The van der Waals surface area contributed by atoms with E-state index in [0.717, 1.165) is 5.92 Å². The molecule has 0 aromatic rings. The van der Waals surface area contributed by atoms with Gasteiger partial charge in [0.15, 0.2) is 0 Å². The summed E-state index contributed by atoms with van der Waals surface area (Å²) >= 11 is 0. The molecule has 4 aliphatic carbocycles. The molecule has 0 heterocycles. The first-order valence-corrected chi connectivity index (χ1v) is 7.88. The second-order valence-electron chi connectivity index (χ2n) is 8.71. The summed E-state index contributed by atoms with van der Waals surface area (Å²) in [4.78, 5) is 14.0. The first-order valence-electron chi connectivity index (χ1n) is 7.88. The summed E-state index contributed by atoms with van der Waals surface area (Å²) in [6, 6.07) is 2.08. The minimum atomic E-state index is 0.167. The molecular formula is C17H26N2O. The summed E-state index contributed by atoms with van der Waals surface area (Å²) in [7, 11) is 1.76. The van der Waals surface area contributed by atoms with Gasteiger partial charge in [0, 0.05) is 13.5 Å². The molecule has 0 saturated heterocycles. The molecule has 4 aliphatic rings. The van der Waals surface area contributed by atoms with Crippen LogP contribution in [0, 0.1) is 33.5 Å². The topological polar surface area (TPSA) is 44.1 Å². The van der Waals surface area contributed by atoms with Crippen molar-refractivity contribution in [3.63, 3.8) is 0 Å². The maximum atomic E-state index is 12.4. The summed E-state index contributed by atoms with van der Waals surface area (Å²) in [5.74, 6) is 0.996. The van der Waals surface area contributed by atoms with Gasteiger partial charge in [-0.25, -0.2) is 0 Å². The molecule has 4 bridgehead atoms. The Morgan fingerprint density at radius 3 is 2.30 bits per heavy atom. The Bertz CT molecular complexity index is 460. The lowest BCUT2D eigenvalue weighted by Gasteiger charge is -2.65. The van der Waals surface area contributed by atoms with Gasteiger partial charge in [0.1, 0.15) is 6.54 Å². The molecule has 4 saturated carbocycles. The highest BCUT2D eigenvalue weighted by molar-refractivity contribution is 5.77. The summed E-state index contributed by atoms with van der Waals surface area (Å²) in [6.45, 7) is 5.09. The van der Waals surface area contributed by atoms with E-state index in [0.29, 0.717) is 17.3 Å². The lowest BCUT2D eigenvalue weighted by atomic mass is 9.40. The number of hydrogen-bond acceptors (Lipinski definition) is 2. The van der Waals surface area contributed by atoms with Gasteiger partial charge in [-0.15, -0.1) is 0 Å². The number of carbonyl (C=O) groups excluding carboxylic acids is 1. The van der Waals surface area contributed by atoms with Gasteiger partial charge in [-0.3, -0.25) is 4.79 Å². The van der Waals surface area contributed by atoms with Crippen LogP contribution in [-0.4, -0.2) is 24.4 Å². The van der Waals surface area contributed by atoms with Crippen LogP contribution in [0.1, 0.15) is 58.8 Å². The summed E-state index contributed by atoms with van der Waals surface area (Å²) in [5.41, 5.74) is 1.15. The molecule has 0 aromatic carbocycles. The molecule has 0 aromatic heterocycles. The third kappa shape index (κ3) is 2.24. The van der Waals surface area contributed by atoms with Crippen LogP contribution in [0.5, 0.6) is 0 Å². The van der Waals surface area contributed by atoms with E-state index in [2.05, 4.69) is 19.9 Å². The molecule has 110 valence electrons. The Hall–Kier alpha value is -1.04. The van der Waals surface area contributed by atoms with Crippen LogP contribution < -0.4 is 0 Å². The van der Waals surface area contributed by atoms with E-state index >= 15 is 0 Å². The third-order valence-electron chi connectivity index (χ3n) is 6.00. The van der Waals surface area contributed by atoms with E-state index < -0.39 is 0 Å². The number of amides is 1. The van der Waals surface area contributed by atoms with Crippen molar-refractivity contribution < 1.29 is 4.79 Å². The van der Waals surface area contributed by atoms with Gasteiger partial charge < -0.3 is 4.90 Å². The normalized spacial score (nSPS) is 45.2. The van der Waals surface area contributed by atoms with Crippen LogP contribution in [-0.2, 0) is 4.79 Å². The van der Waals surface area contributed by atoms with Crippen LogP contribution in [0.3, 0.4) is 0 Å². The largest absolute Gasteiger partial charge is 0.332 e. The van der Waals surface area contributed by atoms with Crippen molar-refractivity contribution in [3.05, 3.63) is 0 Å². The zero-order valence-corrected chi connectivity index (χ0v) is 13.0. The Morgan fingerprint density at radius 1 is 1.20 bits per heavy atom. The average molecular weight is 274 g/mol. The fraction of sp³-hybridized carbons (Fsp3) is 0.882. The highest BCUT2D eigenvalue weighted by Gasteiger charge is 2.60. The first kappa shape index (κ1) is 13.9. The summed E-state index contributed by atoms with van der Waals surface area (Å²) in [5, 5.41) is 8.75. The highest BCUT2D eigenvalue weighted by Crippen LogP contribution is 2.70. The number of nitrogens with zero attached hydrogens (tertiary/aromatic N) is 2. The lowest BCUT2D eigenvalue weighted by Crippen LogP contribution is -2.56. The van der Waals surface area contributed by atoms with Gasteiger partial charge >= 0.3 is 0 Å². The van der Waals surface area contributed by atoms with Gasteiger partial charge in [-0.2, -0.15) is 5.26 Å². The second kappa shape index (κ2) is 4.23. The van der Waals surface area contributed by atoms with Gasteiger partial charge in [0.2, 0.25) is 5.91 Å². The van der Waals surface area contributed by atoms with Gasteiger partial charge in [0.25, 0.3) is 0 Å². The van der Waals surface area contributed by atoms with Crippen LogP contribution in [0.15, 0.2) is 0 Å².